The van der Waals surface area contributed by atoms with Crippen molar-refractivity contribution in [2.24, 2.45) is 0 Å². The zero-order chi connectivity index (χ0) is 11.6. The lowest BCUT2D eigenvalue weighted by Gasteiger charge is -2.14. The Hall–Kier alpha value is -1.47. The molecule has 2 N–H and O–H groups in total. The number of nitrogens with two attached hydrogens (primary N) is 1. The van der Waals surface area contributed by atoms with Crippen molar-refractivity contribution in [2.45, 2.75) is 18.9 Å². The van der Waals surface area contributed by atoms with Crippen molar-refractivity contribution in [3.63, 3.8) is 0 Å². The van der Waals surface area contributed by atoms with Gasteiger partial charge in [0.05, 0.1) is 13.3 Å². The van der Waals surface area contributed by atoms with Crippen LogP contribution in [-0.2, 0) is 6.54 Å². The van der Waals surface area contributed by atoms with E-state index in [9.17, 15) is 17.6 Å². The fourth-order valence-electron chi connectivity index (χ4n) is 0.944. The van der Waals surface area contributed by atoms with Gasteiger partial charge in [0.25, 0.3) is 5.88 Å². The smallest absolute Gasteiger partial charge is 0.326 e. The summed E-state index contributed by atoms with van der Waals surface area (Å²) < 4.78 is 54.1. The molecule has 1 aromatic rings. The summed E-state index contributed by atoms with van der Waals surface area (Å²) in [5.74, 6) is -4.20. The maximum absolute atomic E-state index is 12.6. The van der Waals surface area contributed by atoms with Gasteiger partial charge in [-0.3, -0.25) is 4.68 Å². The van der Waals surface area contributed by atoms with Crippen molar-refractivity contribution in [3.8, 4) is 5.88 Å². The number of halogens is 4. The van der Waals surface area contributed by atoms with Crippen LogP contribution >= 0.6 is 0 Å². The van der Waals surface area contributed by atoms with Gasteiger partial charge in [-0.2, -0.15) is 8.78 Å². The van der Waals surface area contributed by atoms with Gasteiger partial charge in [0, 0.05) is 0 Å². The average molecular weight is 227 g/mol. The highest BCUT2D eigenvalue weighted by molar-refractivity contribution is 5.45. The fraction of sp³-hybridized carbons (Fsp3) is 0.571. The minimum Gasteiger partial charge on any atom is -0.478 e. The lowest BCUT2D eigenvalue weighted by atomic mass is 10.3. The van der Waals surface area contributed by atoms with E-state index in [0.29, 0.717) is 4.68 Å². The van der Waals surface area contributed by atoms with Gasteiger partial charge in [-0.05, 0) is 0 Å². The molecule has 0 saturated heterocycles. The van der Waals surface area contributed by atoms with Gasteiger partial charge in [-0.1, -0.05) is 0 Å². The highest BCUT2D eigenvalue weighted by Crippen LogP contribution is 2.26. The highest BCUT2D eigenvalue weighted by atomic mass is 19.3. The van der Waals surface area contributed by atoms with Crippen molar-refractivity contribution >= 4 is 5.69 Å². The lowest BCUT2D eigenvalue weighted by Crippen LogP contribution is -2.32. The molecule has 4 nitrogen and oxygen atoms in total. The first-order valence-electron chi connectivity index (χ1n) is 3.89. The summed E-state index contributed by atoms with van der Waals surface area (Å²) in [4.78, 5) is 0. The first-order chi connectivity index (χ1) is 6.86. The molecule has 1 rings (SSSR count). The standard InChI is InChI=1S/C7H9F4N3O/c1-15-5-4(12)2-14(13-5)3-7(10,11)6(8)9/h2,6H,3,12H2,1H3. The molecular formula is C7H9F4N3O. The number of methoxy groups -OCH3 is 1. The second-order valence-corrected chi connectivity index (χ2v) is 2.85. The van der Waals surface area contributed by atoms with Crippen molar-refractivity contribution in [1.82, 2.24) is 9.78 Å². The fourth-order valence-corrected chi connectivity index (χ4v) is 0.944. The molecule has 0 spiro atoms. The Balaban J connectivity index is 2.81. The third kappa shape index (κ3) is 2.51. The topological polar surface area (TPSA) is 53.1 Å². The van der Waals surface area contributed by atoms with Crippen molar-refractivity contribution in [3.05, 3.63) is 6.20 Å². The van der Waals surface area contributed by atoms with E-state index in [0.717, 1.165) is 6.20 Å². The van der Waals surface area contributed by atoms with E-state index in [1.165, 1.54) is 7.11 Å². The summed E-state index contributed by atoms with van der Waals surface area (Å²) in [5.41, 5.74) is 5.32. The zero-order valence-corrected chi connectivity index (χ0v) is 7.75. The Morgan fingerprint density at radius 2 is 2.20 bits per heavy atom. The van der Waals surface area contributed by atoms with Gasteiger partial charge >= 0.3 is 12.3 Å². The molecule has 0 aliphatic rings. The van der Waals surface area contributed by atoms with E-state index >= 15 is 0 Å². The van der Waals surface area contributed by atoms with E-state index in [4.69, 9.17) is 5.73 Å². The van der Waals surface area contributed by atoms with E-state index in [2.05, 4.69) is 9.84 Å². The van der Waals surface area contributed by atoms with Crippen molar-refractivity contribution in [2.75, 3.05) is 12.8 Å². The monoisotopic (exact) mass is 227 g/mol. The van der Waals surface area contributed by atoms with Gasteiger partial charge in [0.2, 0.25) is 0 Å². The number of hydrogen-bond acceptors (Lipinski definition) is 3. The van der Waals surface area contributed by atoms with Crippen molar-refractivity contribution in [1.29, 1.82) is 0 Å². The van der Waals surface area contributed by atoms with Crippen LogP contribution in [0.1, 0.15) is 0 Å². The van der Waals surface area contributed by atoms with Gasteiger partial charge in [0.15, 0.2) is 0 Å². The van der Waals surface area contributed by atoms with Crippen LogP contribution in [0, 0.1) is 0 Å². The van der Waals surface area contributed by atoms with Crippen LogP contribution in [0.15, 0.2) is 6.20 Å². The molecule has 8 heteroatoms. The molecule has 0 fully saturated rings. The summed E-state index contributed by atoms with van der Waals surface area (Å²) in [6.07, 6.45) is -2.73. The van der Waals surface area contributed by atoms with Crippen LogP contribution in [0.3, 0.4) is 0 Å². The molecule has 0 aliphatic carbocycles. The van der Waals surface area contributed by atoms with E-state index < -0.39 is 18.9 Å². The van der Waals surface area contributed by atoms with Gasteiger partial charge < -0.3 is 10.5 Å². The molecule has 15 heavy (non-hydrogen) atoms. The van der Waals surface area contributed by atoms with Gasteiger partial charge in [-0.15, -0.1) is 5.10 Å². The summed E-state index contributed by atoms with van der Waals surface area (Å²) in [7, 11) is 1.24. The SMILES string of the molecule is COc1nn(CC(F)(F)C(F)F)cc1N. The second kappa shape index (κ2) is 3.95. The molecule has 86 valence electrons. The first-order valence-corrected chi connectivity index (χ1v) is 3.89. The maximum Gasteiger partial charge on any atom is 0.326 e. The van der Waals surface area contributed by atoms with Crippen LogP contribution in [0.2, 0.25) is 0 Å². The third-order valence-corrected chi connectivity index (χ3v) is 1.64. The largest absolute Gasteiger partial charge is 0.478 e. The first kappa shape index (κ1) is 11.6. The lowest BCUT2D eigenvalue weighted by molar-refractivity contribution is -0.139. The molecule has 0 aliphatic heterocycles. The zero-order valence-electron chi connectivity index (χ0n) is 7.75. The third-order valence-electron chi connectivity index (χ3n) is 1.64. The van der Waals surface area contributed by atoms with Crippen LogP contribution < -0.4 is 10.5 Å². The number of anilines is 1. The van der Waals surface area contributed by atoms with Gasteiger partial charge in [-0.25, -0.2) is 8.78 Å². The normalized spacial score (nSPS) is 12.1. The molecule has 0 unspecified atom stereocenters. The molecule has 1 aromatic heterocycles. The molecule has 0 saturated carbocycles. The molecular weight excluding hydrogens is 218 g/mol. The quantitative estimate of drug-likeness (QED) is 0.790. The highest BCUT2D eigenvalue weighted by Gasteiger charge is 2.41. The minimum atomic E-state index is -4.14. The summed E-state index contributed by atoms with van der Waals surface area (Å²) in [6, 6.07) is 0. The Labute approximate surface area is 82.6 Å². The van der Waals surface area contributed by atoms with Crippen LogP contribution in [-0.4, -0.2) is 29.2 Å². The number of nitrogen functional groups attached to an aromatic ring is 1. The summed E-state index contributed by atoms with van der Waals surface area (Å²) in [6.45, 7) is -1.24. The summed E-state index contributed by atoms with van der Waals surface area (Å²) in [5, 5.41) is 3.45. The Morgan fingerprint density at radius 3 is 2.60 bits per heavy atom. The number of aromatic nitrogens is 2. The number of ether oxygens (including phenoxy) is 1. The molecule has 0 radical (unpaired) electrons. The summed E-state index contributed by atoms with van der Waals surface area (Å²) >= 11 is 0. The Bertz CT molecular complexity index is 339. The predicted molar refractivity (Wildman–Crippen MR) is 44.1 cm³/mol. The number of rotatable bonds is 4. The molecule has 0 aromatic carbocycles. The van der Waals surface area contributed by atoms with E-state index in [1.54, 1.807) is 0 Å². The molecule has 0 amide bonds. The molecule has 0 atom stereocenters. The Morgan fingerprint density at radius 1 is 1.60 bits per heavy atom. The predicted octanol–water partition coefficient (Wildman–Crippen LogP) is 1.37. The number of hydrogen-bond donors (Lipinski definition) is 1. The molecule has 0 bridgehead atoms. The van der Waals surface area contributed by atoms with Crippen LogP contribution in [0.25, 0.3) is 0 Å². The minimum absolute atomic E-state index is 0.0163. The van der Waals surface area contributed by atoms with Gasteiger partial charge in [0.1, 0.15) is 12.2 Å². The van der Waals surface area contributed by atoms with E-state index in [-0.39, 0.29) is 11.6 Å². The number of alkyl halides is 4. The average Bonchev–Trinajstić information content (AvgIpc) is 2.44. The van der Waals surface area contributed by atoms with Crippen LogP contribution in [0.4, 0.5) is 23.2 Å². The van der Waals surface area contributed by atoms with Crippen molar-refractivity contribution < 1.29 is 22.3 Å². The molecule has 1 heterocycles. The van der Waals surface area contributed by atoms with E-state index in [1.807, 2.05) is 0 Å². The Kier molecular flexibility index (Phi) is 3.06. The van der Waals surface area contributed by atoms with Crippen LogP contribution in [0.5, 0.6) is 5.88 Å². The second-order valence-electron chi connectivity index (χ2n) is 2.85. The number of nitrogens with zero attached hydrogens (tertiary/aromatic N) is 2. The maximum atomic E-state index is 12.6.